The van der Waals surface area contributed by atoms with Gasteiger partial charge in [-0.1, -0.05) is 42.8 Å². The van der Waals surface area contributed by atoms with Crippen LogP contribution < -0.4 is 0 Å². The molecule has 2 heterocycles. The van der Waals surface area contributed by atoms with E-state index in [1.165, 1.54) is 11.1 Å². The Labute approximate surface area is 146 Å². The topological polar surface area (TPSA) is 48.5 Å². The Bertz CT molecular complexity index is 969. The largest absolute Gasteiger partial charge is 0.306 e. The van der Waals surface area contributed by atoms with Crippen LogP contribution in [-0.4, -0.2) is 24.5 Å². The van der Waals surface area contributed by atoms with E-state index in [0.717, 1.165) is 42.5 Å². The maximum atomic E-state index is 4.34. The molecule has 2 aromatic heterocycles. The molecule has 0 saturated carbocycles. The number of hydrogen-bond donors (Lipinski definition) is 0. The molecule has 0 aliphatic heterocycles. The molecule has 0 amide bonds. The summed E-state index contributed by atoms with van der Waals surface area (Å²) >= 11 is 0. The second kappa shape index (κ2) is 6.89. The number of aryl methyl sites for hydroxylation is 1. The van der Waals surface area contributed by atoms with Gasteiger partial charge < -0.3 is 4.57 Å². The summed E-state index contributed by atoms with van der Waals surface area (Å²) in [6.07, 6.45) is 8.75. The fraction of sp³-hybridized carbons (Fsp3) is 0.250. The zero-order valence-electron chi connectivity index (χ0n) is 14.3. The van der Waals surface area contributed by atoms with E-state index in [0.29, 0.717) is 0 Å². The number of rotatable bonds is 6. The molecule has 2 aromatic carbocycles. The second-order valence-electron chi connectivity index (χ2n) is 6.26. The highest BCUT2D eigenvalue weighted by molar-refractivity contribution is 5.75. The molecule has 0 atom stereocenters. The lowest BCUT2D eigenvalue weighted by Crippen LogP contribution is -2.00. The van der Waals surface area contributed by atoms with Gasteiger partial charge in [-0.3, -0.25) is 0 Å². The maximum absolute atomic E-state index is 4.34. The van der Waals surface area contributed by atoms with E-state index < -0.39 is 0 Å². The van der Waals surface area contributed by atoms with Crippen LogP contribution >= 0.6 is 0 Å². The Morgan fingerprint density at radius 1 is 1.08 bits per heavy atom. The molecular weight excluding hydrogens is 310 g/mol. The molecule has 0 bridgehead atoms. The summed E-state index contributed by atoms with van der Waals surface area (Å²) < 4.78 is 4.05. The first kappa shape index (κ1) is 15.6. The zero-order chi connectivity index (χ0) is 17.1. The molecule has 4 aromatic rings. The molecule has 0 aliphatic rings. The number of nitrogens with zero attached hydrogens (tertiary/aromatic N) is 5. The zero-order valence-corrected chi connectivity index (χ0v) is 14.3. The van der Waals surface area contributed by atoms with Crippen LogP contribution in [0.2, 0.25) is 0 Å². The lowest BCUT2D eigenvalue weighted by Gasteiger charge is -2.10. The number of unbranched alkanes of at least 4 members (excludes halogenated alkanes) is 1. The van der Waals surface area contributed by atoms with Crippen LogP contribution in [0.25, 0.3) is 16.7 Å². The molecule has 5 nitrogen and oxygen atoms in total. The summed E-state index contributed by atoms with van der Waals surface area (Å²) in [6, 6.07) is 14.9. The van der Waals surface area contributed by atoms with Crippen molar-refractivity contribution in [1.29, 1.82) is 0 Å². The van der Waals surface area contributed by atoms with E-state index in [9.17, 15) is 0 Å². The minimum Gasteiger partial charge on any atom is -0.306 e. The fourth-order valence-corrected chi connectivity index (χ4v) is 3.13. The van der Waals surface area contributed by atoms with E-state index in [2.05, 4.69) is 69.3 Å². The average molecular weight is 331 g/mol. The number of aromatic nitrogens is 5. The predicted octanol–water partition coefficient (Wildman–Crippen LogP) is 4.01. The van der Waals surface area contributed by atoms with Gasteiger partial charge >= 0.3 is 0 Å². The number of benzene rings is 2. The first-order valence-electron chi connectivity index (χ1n) is 8.73. The highest BCUT2D eigenvalue weighted by Gasteiger charge is 2.08. The molecule has 0 aliphatic carbocycles. The lowest BCUT2D eigenvalue weighted by molar-refractivity contribution is 0.567. The van der Waals surface area contributed by atoms with Gasteiger partial charge in [-0.05, 0) is 42.2 Å². The molecule has 0 saturated heterocycles. The molecule has 25 heavy (non-hydrogen) atoms. The van der Waals surface area contributed by atoms with Gasteiger partial charge in [0, 0.05) is 24.6 Å². The van der Waals surface area contributed by atoms with Crippen molar-refractivity contribution in [2.24, 2.45) is 0 Å². The molecule has 0 spiro atoms. The second-order valence-corrected chi connectivity index (χ2v) is 6.26. The normalized spacial score (nSPS) is 11.2. The van der Waals surface area contributed by atoms with Gasteiger partial charge in [0.15, 0.2) is 0 Å². The van der Waals surface area contributed by atoms with E-state index in [1.807, 2.05) is 17.2 Å². The molecule has 0 N–H and O–H groups in total. The van der Waals surface area contributed by atoms with Crippen molar-refractivity contribution in [2.75, 3.05) is 0 Å². The van der Waals surface area contributed by atoms with Crippen LogP contribution in [0.5, 0.6) is 0 Å². The third-order valence-electron chi connectivity index (χ3n) is 4.47. The van der Waals surface area contributed by atoms with Gasteiger partial charge in [-0.25, -0.2) is 9.67 Å². The van der Waals surface area contributed by atoms with Gasteiger partial charge in [0.2, 0.25) is 0 Å². The Morgan fingerprint density at radius 2 is 2.00 bits per heavy atom. The average Bonchev–Trinajstić information content (AvgIpc) is 3.30. The lowest BCUT2D eigenvalue weighted by atomic mass is 10.0. The van der Waals surface area contributed by atoms with Gasteiger partial charge in [0.25, 0.3) is 0 Å². The Morgan fingerprint density at radius 3 is 2.84 bits per heavy atom. The monoisotopic (exact) mass is 331 g/mol. The SMILES string of the molecule is CCCCn1nnc2cc(Cc3ccccc3-n3ccnc3)ccc21. The van der Waals surface area contributed by atoms with Gasteiger partial charge in [0.1, 0.15) is 5.52 Å². The first-order chi connectivity index (χ1) is 12.3. The maximum Gasteiger partial charge on any atom is 0.113 e. The van der Waals surface area contributed by atoms with E-state index in [-0.39, 0.29) is 0 Å². The summed E-state index contributed by atoms with van der Waals surface area (Å²) in [4.78, 5) is 4.16. The van der Waals surface area contributed by atoms with Crippen molar-refractivity contribution in [3.63, 3.8) is 0 Å². The van der Waals surface area contributed by atoms with E-state index in [4.69, 9.17) is 0 Å². The Balaban J connectivity index is 1.64. The van der Waals surface area contributed by atoms with Crippen molar-refractivity contribution in [3.8, 4) is 5.69 Å². The molecule has 0 unspecified atom stereocenters. The third-order valence-corrected chi connectivity index (χ3v) is 4.47. The first-order valence-corrected chi connectivity index (χ1v) is 8.73. The summed E-state index contributed by atoms with van der Waals surface area (Å²) in [6.45, 7) is 3.12. The van der Waals surface area contributed by atoms with Crippen LogP contribution in [0.15, 0.2) is 61.2 Å². The third kappa shape index (κ3) is 3.18. The number of fused-ring (bicyclic) bond motifs is 1. The van der Waals surface area contributed by atoms with Crippen LogP contribution in [0.4, 0.5) is 0 Å². The molecule has 4 rings (SSSR count). The van der Waals surface area contributed by atoms with Crippen LogP contribution in [0, 0.1) is 0 Å². The minimum atomic E-state index is 0.853. The molecule has 5 heteroatoms. The number of para-hydroxylation sites is 1. The Kier molecular flexibility index (Phi) is 4.29. The summed E-state index contributed by atoms with van der Waals surface area (Å²) in [7, 11) is 0. The molecule has 126 valence electrons. The number of imidazole rings is 1. The van der Waals surface area contributed by atoms with E-state index in [1.54, 1.807) is 6.20 Å². The Hall–Kier alpha value is -2.95. The van der Waals surface area contributed by atoms with Gasteiger partial charge in [-0.15, -0.1) is 5.10 Å². The molecule has 0 radical (unpaired) electrons. The summed E-state index contributed by atoms with van der Waals surface area (Å²) in [5, 5.41) is 8.64. The van der Waals surface area contributed by atoms with Crippen molar-refractivity contribution < 1.29 is 0 Å². The van der Waals surface area contributed by atoms with Gasteiger partial charge in [-0.2, -0.15) is 0 Å². The quantitative estimate of drug-likeness (QED) is 0.536. The predicted molar refractivity (Wildman–Crippen MR) is 98.8 cm³/mol. The summed E-state index contributed by atoms with van der Waals surface area (Å²) in [5.41, 5.74) is 5.74. The van der Waals surface area contributed by atoms with Gasteiger partial charge in [0.05, 0.1) is 11.8 Å². The van der Waals surface area contributed by atoms with Crippen molar-refractivity contribution in [1.82, 2.24) is 24.5 Å². The van der Waals surface area contributed by atoms with Crippen molar-refractivity contribution >= 4 is 11.0 Å². The molecular formula is C20H21N5. The van der Waals surface area contributed by atoms with Crippen LogP contribution in [-0.2, 0) is 13.0 Å². The molecule has 0 fully saturated rings. The highest BCUT2D eigenvalue weighted by Crippen LogP contribution is 2.21. The standard InChI is InChI=1S/C20H21N5/c1-2-3-11-25-20-9-8-16(14-18(20)22-23-25)13-17-6-4-5-7-19(17)24-12-10-21-15-24/h4-10,12,14-15H,2-3,11,13H2,1H3. The number of hydrogen-bond acceptors (Lipinski definition) is 3. The fourth-order valence-electron chi connectivity index (χ4n) is 3.13. The summed E-state index contributed by atoms with van der Waals surface area (Å²) in [5.74, 6) is 0. The van der Waals surface area contributed by atoms with Crippen molar-refractivity contribution in [2.45, 2.75) is 32.7 Å². The van der Waals surface area contributed by atoms with Crippen LogP contribution in [0.1, 0.15) is 30.9 Å². The smallest absolute Gasteiger partial charge is 0.113 e. The van der Waals surface area contributed by atoms with Crippen molar-refractivity contribution in [3.05, 3.63) is 72.3 Å². The minimum absolute atomic E-state index is 0.853. The van der Waals surface area contributed by atoms with Crippen LogP contribution in [0.3, 0.4) is 0 Å². The highest BCUT2D eigenvalue weighted by atomic mass is 15.4. The van der Waals surface area contributed by atoms with E-state index >= 15 is 0 Å².